The molecule has 3 rings (SSSR count). The van der Waals surface area contributed by atoms with Gasteiger partial charge in [0.15, 0.2) is 5.54 Å². The van der Waals surface area contributed by atoms with Gasteiger partial charge >= 0.3 is 0 Å². The summed E-state index contributed by atoms with van der Waals surface area (Å²) in [4.78, 5) is 20.2. The second-order valence-electron chi connectivity index (χ2n) is 6.29. The molecule has 6 nitrogen and oxygen atoms in total. The summed E-state index contributed by atoms with van der Waals surface area (Å²) in [6.07, 6.45) is -1.77. The Morgan fingerprint density at radius 2 is 2.10 bits per heavy atom. The van der Waals surface area contributed by atoms with E-state index in [0.717, 1.165) is 12.1 Å². The fourth-order valence-electron chi connectivity index (χ4n) is 2.90. The number of benzene rings is 1. The van der Waals surface area contributed by atoms with E-state index in [-0.39, 0.29) is 36.2 Å². The van der Waals surface area contributed by atoms with Crippen molar-refractivity contribution in [1.29, 1.82) is 0 Å². The van der Waals surface area contributed by atoms with Gasteiger partial charge in [-0.1, -0.05) is 11.6 Å². The number of alkyl halides is 2. The number of aryl methyl sites for hydroxylation is 1. The fraction of sp³-hybridized carbons (Fsp3) is 0.278. The molecule has 0 fully saturated rings. The molecule has 1 aromatic heterocycles. The molecule has 1 atom stereocenters. The van der Waals surface area contributed by atoms with Crippen molar-refractivity contribution in [2.45, 2.75) is 18.9 Å². The van der Waals surface area contributed by atoms with E-state index in [9.17, 15) is 18.0 Å². The zero-order valence-corrected chi connectivity index (χ0v) is 16.7. The number of carbonyl (C=O) groups excluding carboxylic acids is 1. The highest BCUT2D eigenvalue weighted by Crippen LogP contribution is 2.38. The molecule has 156 valence electrons. The summed E-state index contributed by atoms with van der Waals surface area (Å²) in [6, 6.07) is 4.87. The largest absolute Gasteiger partial charge is 0.385 e. The van der Waals surface area contributed by atoms with Crippen LogP contribution in [0.5, 0.6) is 0 Å². The van der Waals surface area contributed by atoms with Crippen LogP contribution in [-0.2, 0) is 10.3 Å². The molecule has 0 saturated carbocycles. The van der Waals surface area contributed by atoms with Gasteiger partial charge in [0, 0.05) is 17.4 Å². The number of hydrogen-bond acceptors (Lipinski definition) is 5. The Bertz CT molecular complexity index is 959. The lowest BCUT2D eigenvalue weighted by Crippen LogP contribution is -2.45. The van der Waals surface area contributed by atoms with Crippen LogP contribution in [-0.4, -0.2) is 36.4 Å². The number of pyridine rings is 1. The Kier molecular flexibility index (Phi) is 7.10. The minimum absolute atomic E-state index is 0. The maximum Gasteiger partial charge on any atom is 0.274 e. The molecule has 3 N–H and O–H groups in total. The summed E-state index contributed by atoms with van der Waals surface area (Å²) in [6.45, 7) is 0.984. The number of anilines is 1. The van der Waals surface area contributed by atoms with E-state index in [1.807, 2.05) is 0 Å². The highest BCUT2D eigenvalue weighted by atomic mass is 35.5. The van der Waals surface area contributed by atoms with Crippen LogP contribution in [0.4, 0.5) is 18.9 Å². The fourth-order valence-corrected chi connectivity index (χ4v) is 3.12. The van der Waals surface area contributed by atoms with Crippen LogP contribution >= 0.6 is 24.0 Å². The van der Waals surface area contributed by atoms with E-state index in [1.165, 1.54) is 12.3 Å². The van der Waals surface area contributed by atoms with Gasteiger partial charge in [-0.15, -0.1) is 12.4 Å². The number of aliphatic imine (C=N–C) groups is 1. The van der Waals surface area contributed by atoms with E-state index in [2.05, 4.69) is 15.3 Å². The molecule has 2 heterocycles. The number of amidine groups is 1. The number of nitrogens with one attached hydrogen (secondary N) is 1. The lowest BCUT2D eigenvalue weighted by molar-refractivity contribution is -0.0145. The van der Waals surface area contributed by atoms with Crippen LogP contribution in [0.25, 0.3) is 0 Å². The highest BCUT2D eigenvalue weighted by molar-refractivity contribution is 6.30. The molecule has 2 aromatic rings. The summed E-state index contributed by atoms with van der Waals surface area (Å²) in [5.74, 6) is -1.68. The Labute approximate surface area is 175 Å². The number of carbonyl (C=O) groups is 1. The molecule has 0 spiro atoms. The van der Waals surface area contributed by atoms with Crippen LogP contribution in [0.15, 0.2) is 35.5 Å². The first-order valence-electron chi connectivity index (χ1n) is 8.16. The maximum absolute atomic E-state index is 14.4. The highest BCUT2D eigenvalue weighted by Gasteiger charge is 2.46. The minimum Gasteiger partial charge on any atom is -0.385 e. The third-order valence-corrected chi connectivity index (χ3v) is 4.43. The van der Waals surface area contributed by atoms with Crippen molar-refractivity contribution in [3.63, 3.8) is 0 Å². The van der Waals surface area contributed by atoms with Gasteiger partial charge in [0.25, 0.3) is 12.3 Å². The van der Waals surface area contributed by atoms with Crippen molar-refractivity contribution in [2.24, 2.45) is 10.7 Å². The molecule has 0 bridgehead atoms. The second-order valence-corrected chi connectivity index (χ2v) is 6.73. The average molecular weight is 449 g/mol. The number of aromatic nitrogens is 1. The number of amides is 1. The van der Waals surface area contributed by atoms with Gasteiger partial charge in [0.1, 0.15) is 24.0 Å². The van der Waals surface area contributed by atoms with E-state index in [1.54, 1.807) is 13.0 Å². The maximum atomic E-state index is 14.4. The molecule has 1 aromatic carbocycles. The van der Waals surface area contributed by atoms with Crippen LogP contribution in [0.2, 0.25) is 5.02 Å². The number of ether oxygens (including phenoxy) is 1. The summed E-state index contributed by atoms with van der Waals surface area (Å²) in [5, 5.41) is 2.88. The van der Waals surface area contributed by atoms with Gasteiger partial charge < -0.3 is 15.8 Å². The van der Waals surface area contributed by atoms with Gasteiger partial charge in [-0.3, -0.25) is 9.79 Å². The molecule has 0 saturated heterocycles. The van der Waals surface area contributed by atoms with E-state index >= 15 is 0 Å². The zero-order valence-electron chi connectivity index (χ0n) is 15.1. The molecule has 0 aliphatic carbocycles. The number of halogens is 5. The molecule has 1 aliphatic heterocycles. The lowest BCUT2D eigenvalue weighted by atomic mass is 9.90. The third-order valence-electron chi connectivity index (χ3n) is 4.23. The second kappa shape index (κ2) is 8.98. The minimum atomic E-state index is -3.08. The van der Waals surface area contributed by atoms with Gasteiger partial charge in [-0.05, 0) is 36.8 Å². The van der Waals surface area contributed by atoms with Crippen molar-refractivity contribution >= 4 is 41.4 Å². The molecule has 0 radical (unpaired) electrons. The first kappa shape index (κ1) is 22.9. The molecule has 29 heavy (non-hydrogen) atoms. The quantitative estimate of drug-likeness (QED) is 0.745. The number of nitrogens with zero attached hydrogens (tertiary/aromatic N) is 2. The van der Waals surface area contributed by atoms with E-state index < -0.39 is 35.9 Å². The van der Waals surface area contributed by atoms with Crippen LogP contribution in [0.1, 0.15) is 21.6 Å². The predicted molar refractivity (Wildman–Crippen MR) is 106 cm³/mol. The average Bonchev–Trinajstić information content (AvgIpc) is 2.62. The summed E-state index contributed by atoms with van der Waals surface area (Å²) >= 11 is 5.82. The van der Waals surface area contributed by atoms with Gasteiger partial charge in [0.2, 0.25) is 0 Å². The summed E-state index contributed by atoms with van der Waals surface area (Å²) in [7, 11) is 0. The van der Waals surface area contributed by atoms with Crippen molar-refractivity contribution < 1.29 is 22.7 Å². The smallest absolute Gasteiger partial charge is 0.274 e. The molecule has 1 amide bonds. The SMILES string of the molecule is Cc1cc(Cl)cnc1C(=O)Nc1ccc(F)c([C@]2(C(F)F)COCC(N)=N2)c1.Cl. The zero-order chi connectivity index (χ0) is 20.5. The van der Waals surface area contributed by atoms with Crippen LogP contribution in [0.3, 0.4) is 0 Å². The molecular weight excluding hydrogens is 432 g/mol. The summed E-state index contributed by atoms with van der Waals surface area (Å²) in [5.41, 5.74) is 3.54. The number of hydrogen-bond donors (Lipinski definition) is 2. The van der Waals surface area contributed by atoms with Crippen molar-refractivity contribution in [3.05, 3.63) is 58.1 Å². The molecule has 11 heteroatoms. The normalized spacial score (nSPS) is 18.8. The van der Waals surface area contributed by atoms with E-state index in [0.29, 0.717) is 10.6 Å². The monoisotopic (exact) mass is 448 g/mol. The Morgan fingerprint density at radius 3 is 2.72 bits per heavy atom. The lowest BCUT2D eigenvalue weighted by Gasteiger charge is -2.33. The first-order valence-corrected chi connectivity index (χ1v) is 8.54. The third kappa shape index (κ3) is 4.63. The van der Waals surface area contributed by atoms with Gasteiger partial charge in [0.05, 0.1) is 11.6 Å². The first-order chi connectivity index (χ1) is 13.2. The van der Waals surface area contributed by atoms with Gasteiger partial charge in [-0.2, -0.15) is 0 Å². The van der Waals surface area contributed by atoms with Crippen molar-refractivity contribution in [3.8, 4) is 0 Å². The number of nitrogens with two attached hydrogens (primary N) is 1. The Hall–Kier alpha value is -2.36. The Balaban J connectivity index is 0.00000300. The summed E-state index contributed by atoms with van der Waals surface area (Å²) < 4.78 is 47.2. The van der Waals surface area contributed by atoms with Crippen molar-refractivity contribution in [2.75, 3.05) is 18.5 Å². The van der Waals surface area contributed by atoms with Crippen LogP contribution in [0, 0.1) is 12.7 Å². The van der Waals surface area contributed by atoms with Gasteiger partial charge in [-0.25, -0.2) is 18.2 Å². The number of rotatable bonds is 4. The Morgan fingerprint density at radius 1 is 1.38 bits per heavy atom. The standard InChI is InChI=1S/C18H16ClF3N4O2.ClH/c1-9-4-10(19)6-24-15(9)16(27)25-11-2-3-13(20)12(5-11)18(17(21)22)8-28-7-14(23)26-18;/h2-6,17H,7-8H2,1H3,(H2,23,26)(H,25,27);1H/t18-;/m0./s1. The topological polar surface area (TPSA) is 89.6 Å². The predicted octanol–water partition coefficient (Wildman–Crippen LogP) is 3.70. The van der Waals surface area contributed by atoms with Crippen molar-refractivity contribution in [1.82, 2.24) is 4.98 Å². The van der Waals surface area contributed by atoms with Crippen LogP contribution < -0.4 is 11.1 Å². The molecule has 0 unspecified atom stereocenters. The molecule has 1 aliphatic rings. The van der Waals surface area contributed by atoms with E-state index in [4.69, 9.17) is 22.1 Å². The molecular formula is C18H17Cl2F3N4O2.